The first-order valence-corrected chi connectivity index (χ1v) is 7.17. The number of rotatable bonds is 4. The minimum atomic E-state index is -0.114. The van der Waals surface area contributed by atoms with Crippen LogP contribution in [-0.4, -0.2) is 11.1 Å². The summed E-state index contributed by atoms with van der Waals surface area (Å²) < 4.78 is 5.24. The minimum Gasteiger partial charge on any atom is -0.359 e. The van der Waals surface area contributed by atoms with Gasteiger partial charge in [-0.1, -0.05) is 55.8 Å². The molecule has 0 aliphatic heterocycles. The molecule has 21 heavy (non-hydrogen) atoms. The fraction of sp³-hybridized carbons (Fsp3) is 0.412. The number of hydrogen-bond donors (Lipinski definition) is 1. The van der Waals surface area contributed by atoms with E-state index in [1.807, 2.05) is 45.9 Å². The van der Waals surface area contributed by atoms with E-state index in [0.29, 0.717) is 12.2 Å². The van der Waals surface area contributed by atoms with Crippen molar-refractivity contribution in [3.05, 3.63) is 47.2 Å². The molecule has 1 heterocycles. The maximum atomic E-state index is 11.9. The Labute approximate surface area is 125 Å². The summed E-state index contributed by atoms with van der Waals surface area (Å²) in [6.07, 6.45) is 1.15. The molecule has 4 nitrogen and oxygen atoms in total. The van der Waals surface area contributed by atoms with Crippen molar-refractivity contribution in [2.75, 3.05) is 5.32 Å². The molecule has 2 rings (SSSR count). The smallest absolute Gasteiger partial charge is 0.225 e. The third-order valence-corrected chi connectivity index (χ3v) is 3.24. The molecule has 0 aliphatic rings. The molecule has 0 unspecified atom stereocenters. The molecular formula is C17H22N2O2. The van der Waals surface area contributed by atoms with Crippen molar-refractivity contribution in [3.8, 4) is 0 Å². The lowest BCUT2D eigenvalue weighted by atomic mass is 9.93. The van der Waals surface area contributed by atoms with E-state index in [1.54, 1.807) is 6.07 Å². The van der Waals surface area contributed by atoms with Gasteiger partial charge < -0.3 is 9.84 Å². The Hall–Kier alpha value is -2.10. The zero-order chi connectivity index (χ0) is 15.5. The highest BCUT2D eigenvalue weighted by Gasteiger charge is 2.20. The third kappa shape index (κ3) is 4.45. The Bertz CT molecular complexity index is 624. The van der Waals surface area contributed by atoms with Gasteiger partial charge in [0.15, 0.2) is 5.82 Å². The normalized spacial score (nSPS) is 11.4. The predicted octanol–water partition coefficient (Wildman–Crippen LogP) is 3.85. The van der Waals surface area contributed by atoms with Gasteiger partial charge in [0.05, 0.1) is 0 Å². The summed E-state index contributed by atoms with van der Waals surface area (Å²) in [6, 6.07) is 9.97. The number of nitrogens with zero attached hydrogens (tertiary/aromatic N) is 1. The quantitative estimate of drug-likeness (QED) is 0.928. The van der Waals surface area contributed by atoms with Crippen LogP contribution in [-0.2, 0) is 16.6 Å². The molecule has 0 aliphatic carbocycles. The van der Waals surface area contributed by atoms with Crippen molar-refractivity contribution in [2.45, 2.75) is 46.0 Å². The number of aromatic nitrogens is 1. The van der Waals surface area contributed by atoms with Crippen LogP contribution >= 0.6 is 0 Å². The topological polar surface area (TPSA) is 55.1 Å². The first-order chi connectivity index (χ1) is 9.84. The van der Waals surface area contributed by atoms with Crippen LogP contribution in [0.25, 0.3) is 0 Å². The van der Waals surface area contributed by atoms with Crippen molar-refractivity contribution >= 4 is 11.7 Å². The lowest BCUT2D eigenvalue weighted by Crippen LogP contribution is -2.13. The van der Waals surface area contributed by atoms with Crippen LogP contribution in [0.2, 0.25) is 0 Å². The Kier molecular flexibility index (Phi) is 4.46. The van der Waals surface area contributed by atoms with Crippen LogP contribution in [0.5, 0.6) is 0 Å². The molecular weight excluding hydrogens is 264 g/mol. The van der Waals surface area contributed by atoms with E-state index in [4.69, 9.17) is 4.52 Å². The lowest BCUT2D eigenvalue weighted by Gasteiger charge is -2.12. The molecule has 0 radical (unpaired) electrons. The number of aryl methyl sites for hydroxylation is 2. The van der Waals surface area contributed by atoms with Crippen LogP contribution in [0.1, 0.15) is 44.1 Å². The van der Waals surface area contributed by atoms with Crippen LogP contribution in [0, 0.1) is 6.92 Å². The van der Waals surface area contributed by atoms with Gasteiger partial charge in [-0.15, -0.1) is 0 Å². The standard InChI is InChI=1S/C17H22N2O2/c1-12-6-5-7-13(10-12)8-9-16(20)18-15-11-14(21-19-15)17(2,3)4/h5-7,10-11H,8-9H2,1-4H3,(H,18,19,20). The van der Waals surface area contributed by atoms with Gasteiger partial charge in [-0.25, -0.2) is 0 Å². The van der Waals surface area contributed by atoms with E-state index >= 15 is 0 Å². The van der Waals surface area contributed by atoms with Crippen molar-refractivity contribution < 1.29 is 9.32 Å². The Balaban J connectivity index is 1.89. The van der Waals surface area contributed by atoms with Crippen LogP contribution in [0.15, 0.2) is 34.9 Å². The second-order valence-electron chi connectivity index (χ2n) is 6.36. The highest BCUT2D eigenvalue weighted by atomic mass is 16.5. The highest BCUT2D eigenvalue weighted by molar-refractivity contribution is 5.89. The van der Waals surface area contributed by atoms with E-state index in [2.05, 4.69) is 16.5 Å². The Morgan fingerprint density at radius 1 is 1.29 bits per heavy atom. The molecule has 4 heteroatoms. The van der Waals surface area contributed by atoms with E-state index in [-0.39, 0.29) is 11.3 Å². The van der Waals surface area contributed by atoms with Gasteiger partial charge in [0.1, 0.15) is 5.76 Å². The molecule has 0 fully saturated rings. The van der Waals surface area contributed by atoms with Gasteiger partial charge in [0, 0.05) is 17.9 Å². The maximum absolute atomic E-state index is 11.9. The summed E-state index contributed by atoms with van der Waals surface area (Å²) in [7, 11) is 0. The van der Waals surface area contributed by atoms with Gasteiger partial charge >= 0.3 is 0 Å². The summed E-state index contributed by atoms with van der Waals surface area (Å²) in [5.74, 6) is 1.19. The molecule has 1 aromatic carbocycles. The number of hydrogen-bond acceptors (Lipinski definition) is 3. The van der Waals surface area contributed by atoms with Crippen LogP contribution < -0.4 is 5.32 Å². The average Bonchev–Trinajstić information content (AvgIpc) is 2.85. The minimum absolute atomic E-state index is 0.0507. The lowest BCUT2D eigenvalue weighted by molar-refractivity contribution is -0.116. The maximum Gasteiger partial charge on any atom is 0.225 e. The molecule has 1 N–H and O–H groups in total. The molecule has 0 bridgehead atoms. The van der Waals surface area contributed by atoms with Crippen molar-refractivity contribution in [1.82, 2.24) is 5.16 Å². The van der Waals surface area contributed by atoms with Crippen LogP contribution in [0.3, 0.4) is 0 Å². The van der Waals surface area contributed by atoms with E-state index in [1.165, 1.54) is 11.1 Å². The SMILES string of the molecule is Cc1cccc(CCC(=O)Nc2cc(C(C)(C)C)on2)c1. The van der Waals surface area contributed by atoms with Crippen LogP contribution in [0.4, 0.5) is 5.82 Å². The summed E-state index contributed by atoms with van der Waals surface area (Å²) >= 11 is 0. The predicted molar refractivity (Wildman–Crippen MR) is 83.3 cm³/mol. The van der Waals surface area contributed by atoms with Gasteiger partial charge in [-0.2, -0.15) is 0 Å². The van der Waals surface area contributed by atoms with Crippen molar-refractivity contribution in [3.63, 3.8) is 0 Å². The molecule has 0 spiro atoms. The molecule has 2 aromatic rings. The summed E-state index contributed by atoms with van der Waals surface area (Å²) in [4.78, 5) is 11.9. The van der Waals surface area contributed by atoms with Gasteiger partial charge in [-0.05, 0) is 18.9 Å². The fourth-order valence-electron chi connectivity index (χ4n) is 2.02. The summed E-state index contributed by atoms with van der Waals surface area (Å²) in [6.45, 7) is 8.16. The van der Waals surface area contributed by atoms with Crippen molar-refractivity contribution in [2.24, 2.45) is 0 Å². The molecule has 0 atom stereocenters. The summed E-state index contributed by atoms with van der Waals surface area (Å²) in [5, 5.41) is 6.66. The van der Waals surface area contributed by atoms with Crippen molar-refractivity contribution in [1.29, 1.82) is 0 Å². The third-order valence-electron chi connectivity index (χ3n) is 3.24. The van der Waals surface area contributed by atoms with Gasteiger partial charge in [0.25, 0.3) is 0 Å². The number of carbonyl (C=O) groups excluding carboxylic acids is 1. The monoisotopic (exact) mass is 286 g/mol. The molecule has 1 aromatic heterocycles. The highest BCUT2D eigenvalue weighted by Crippen LogP contribution is 2.24. The molecule has 1 amide bonds. The summed E-state index contributed by atoms with van der Waals surface area (Å²) in [5.41, 5.74) is 2.26. The average molecular weight is 286 g/mol. The largest absolute Gasteiger partial charge is 0.359 e. The first-order valence-electron chi connectivity index (χ1n) is 7.17. The van der Waals surface area contributed by atoms with Gasteiger partial charge in [-0.3, -0.25) is 4.79 Å². The zero-order valence-electron chi connectivity index (χ0n) is 13.1. The number of nitrogens with one attached hydrogen (secondary N) is 1. The fourth-order valence-corrected chi connectivity index (χ4v) is 2.02. The number of carbonyl (C=O) groups is 1. The molecule has 0 saturated heterocycles. The van der Waals surface area contributed by atoms with E-state index < -0.39 is 0 Å². The molecule has 0 saturated carbocycles. The number of amides is 1. The second kappa shape index (κ2) is 6.12. The van der Waals surface area contributed by atoms with E-state index in [9.17, 15) is 4.79 Å². The number of benzene rings is 1. The number of anilines is 1. The second-order valence-corrected chi connectivity index (χ2v) is 6.36. The Morgan fingerprint density at radius 2 is 2.05 bits per heavy atom. The molecule has 112 valence electrons. The van der Waals surface area contributed by atoms with E-state index in [0.717, 1.165) is 12.2 Å². The Morgan fingerprint density at radius 3 is 2.67 bits per heavy atom. The first kappa shape index (κ1) is 15.3. The zero-order valence-corrected chi connectivity index (χ0v) is 13.1. The van der Waals surface area contributed by atoms with Gasteiger partial charge in [0.2, 0.25) is 5.91 Å².